The third-order valence-electron chi connectivity index (χ3n) is 1.91. The smallest absolute Gasteiger partial charge is 0.271 e. The first-order valence-electron chi connectivity index (χ1n) is 4.80. The third-order valence-corrected chi connectivity index (χ3v) is 2.21. The zero-order valence-electron chi connectivity index (χ0n) is 9.21. The normalized spacial score (nSPS) is 9.94. The van der Waals surface area contributed by atoms with Crippen molar-refractivity contribution < 1.29 is 9.53 Å². The van der Waals surface area contributed by atoms with Crippen LogP contribution in [0.15, 0.2) is 12.1 Å². The summed E-state index contributed by atoms with van der Waals surface area (Å²) in [5, 5.41) is 5.82. The van der Waals surface area contributed by atoms with Gasteiger partial charge in [0.2, 0.25) is 0 Å². The molecule has 0 aliphatic rings. The van der Waals surface area contributed by atoms with Gasteiger partial charge in [0.05, 0.1) is 11.6 Å². The van der Waals surface area contributed by atoms with Crippen molar-refractivity contribution in [1.82, 2.24) is 10.3 Å². The fourth-order valence-corrected chi connectivity index (χ4v) is 1.28. The van der Waals surface area contributed by atoms with E-state index < -0.39 is 0 Å². The van der Waals surface area contributed by atoms with Crippen molar-refractivity contribution in [2.45, 2.75) is 0 Å². The summed E-state index contributed by atoms with van der Waals surface area (Å²) in [5.41, 5.74) is 0.213. The molecule has 0 bridgehead atoms. The van der Waals surface area contributed by atoms with E-state index >= 15 is 0 Å². The predicted molar refractivity (Wildman–Crippen MR) is 63.0 cm³/mol. The Hall–Kier alpha value is -1.33. The topological polar surface area (TPSA) is 63.2 Å². The van der Waals surface area contributed by atoms with E-state index in [0.717, 1.165) is 0 Å². The molecule has 2 N–H and O–H groups in total. The second-order valence-corrected chi connectivity index (χ2v) is 3.43. The van der Waals surface area contributed by atoms with E-state index in [-0.39, 0.29) is 11.6 Å². The van der Waals surface area contributed by atoms with Crippen LogP contribution >= 0.6 is 11.6 Å². The van der Waals surface area contributed by atoms with E-state index in [1.54, 1.807) is 26.3 Å². The molecule has 1 rings (SSSR count). The number of aromatic nitrogens is 1. The van der Waals surface area contributed by atoms with Crippen molar-refractivity contribution in [3.8, 4) is 0 Å². The van der Waals surface area contributed by atoms with Crippen LogP contribution in [0.2, 0.25) is 5.02 Å². The van der Waals surface area contributed by atoms with Gasteiger partial charge in [-0.05, 0) is 12.1 Å². The number of ether oxygens (including phenoxy) is 1. The Balaban J connectivity index is 2.73. The number of amides is 1. The van der Waals surface area contributed by atoms with Crippen LogP contribution in [0.1, 0.15) is 10.5 Å². The van der Waals surface area contributed by atoms with Crippen molar-refractivity contribution in [2.24, 2.45) is 0 Å². The Labute approximate surface area is 99.2 Å². The lowest BCUT2D eigenvalue weighted by Gasteiger charge is -2.07. The van der Waals surface area contributed by atoms with Gasteiger partial charge < -0.3 is 15.4 Å². The third kappa shape index (κ3) is 3.36. The Morgan fingerprint density at radius 3 is 2.94 bits per heavy atom. The van der Waals surface area contributed by atoms with Crippen molar-refractivity contribution in [3.63, 3.8) is 0 Å². The fraction of sp³-hybridized carbons (Fsp3) is 0.400. The van der Waals surface area contributed by atoms with Gasteiger partial charge in [0.25, 0.3) is 5.91 Å². The number of nitrogens with zero attached hydrogens (tertiary/aromatic N) is 1. The van der Waals surface area contributed by atoms with Crippen LogP contribution in [0.25, 0.3) is 0 Å². The number of nitrogens with one attached hydrogen (secondary N) is 2. The number of hydrogen-bond donors (Lipinski definition) is 2. The average Bonchev–Trinajstić information content (AvgIpc) is 2.30. The summed E-state index contributed by atoms with van der Waals surface area (Å²) >= 11 is 5.88. The van der Waals surface area contributed by atoms with Crippen LogP contribution in [0.5, 0.6) is 0 Å². The minimum Gasteiger partial charge on any atom is -0.383 e. The van der Waals surface area contributed by atoms with E-state index in [2.05, 4.69) is 15.6 Å². The van der Waals surface area contributed by atoms with Crippen molar-refractivity contribution in [2.75, 3.05) is 32.6 Å². The number of hydrogen-bond acceptors (Lipinski definition) is 4. The molecule has 0 saturated heterocycles. The van der Waals surface area contributed by atoms with Gasteiger partial charge in [-0.25, -0.2) is 4.98 Å². The average molecular weight is 244 g/mol. The molecule has 0 radical (unpaired) electrons. The standard InChI is InChI=1S/C10H14ClN3O2/c1-12-8-4-3-7(11)9(14-8)10(15)13-5-6-16-2/h3-4H,5-6H2,1-2H3,(H,12,14)(H,13,15). The first-order valence-corrected chi connectivity index (χ1v) is 5.18. The van der Waals surface area contributed by atoms with Gasteiger partial charge >= 0.3 is 0 Å². The fourth-order valence-electron chi connectivity index (χ4n) is 1.09. The molecule has 0 aliphatic heterocycles. The van der Waals surface area contributed by atoms with E-state index in [1.165, 1.54) is 0 Å². The Kier molecular flexibility index (Phi) is 5.01. The van der Waals surface area contributed by atoms with Crippen molar-refractivity contribution in [1.29, 1.82) is 0 Å². The number of rotatable bonds is 5. The molecule has 1 aromatic heterocycles. The van der Waals surface area contributed by atoms with Gasteiger partial charge in [-0.1, -0.05) is 11.6 Å². The van der Waals surface area contributed by atoms with Crippen LogP contribution < -0.4 is 10.6 Å². The molecule has 88 valence electrons. The van der Waals surface area contributed by atoms with Gasteiger partial charge in [0.15, 0.2) is 0 Å². The maximum atomic E-state index is 11.7. The minimum atomic E-state index is -0.306. The van der Waals surface area contributed by atoms with E-state index in [1.807, 2.05) is 0 Å². The van der Waals surface area contributed by atoms with Crippen LogP contribution in [-0.4, -0.2) is 38.2 Å². The molecule has 0 atom stereocenters. The molecule has 0 saturated carbocycles. The molecule has 1 heterocycles. The molecule has 0 aromatic carbocycles. The Morgan fingerprint density at radius 2 is 2.31 bits per heavy atom. The molecule has 0 unspecified atom stereocenters. The molecule has 0 aliphatic carbocycles. The number of pyridine rings is 1. The monoisotopic (exact) mass is 243 g/mol. The molecule has 6 heteroatoms. The second-order valence-electron chi connectivity index (χ2n) is 3.03. The highest BCUT2D eigenvalue weighted by Gasteiger charge is 2.12. The first kappa shape index (κ1) is 12.7. The van der Waals surface area contributed by atoms with Crippen LogP contribution in [0.3, 0.4) is 0 Å². The first-order chi connectivity index (χ1) is 7.69. The summed E-state index contributed by atoms with van der Waals surface area (Å²) < 4.78 is 4.82. The zero-order chi connectivity index (χ0) is 12.0. The van der Waals surface area contributed by atoms with Crippen LogP contribution in [0.4, 0.5) is 5.82 Å². The van der Waals surface area contributed by atoms with Gasteiger partial charge in [-0.3, -0.25) is 4.79 Å². The lowest BCUT2D eigenvalue weighted by Crippen LogP contribution is -2.28. The number of anilines is 1. The maximum Gasteiger partial charge on any atom is 0.271 e. The number of methoxy groups -OCH3 is 1. The summed E-state index contributed by atoms with van der Waals surface area (Å²) in [6.07, 6.45) is 0. The maximum absolute atomic E-state index is 11.7. The SMILES string of the molecule is CNc1ccc(Cl)c(C(=O)NCCOC)n1. The lowest BCUT2D eigenvalue weighted by molar-refractivity contribution is 0.0932. The van der Waals surface area contributed by atoms with Gasteiger partial charge in [-0.2, -0.15) is 0 Å². The lowest BCUT2D eigenvalue weighted by atomic mass is 10.3. The predicted octanol–water partition coefficient (Wildman–Crippen LogP) is 1.15. The van der Waals surface area contributed by atoms with E-state index in [0.29, 0.717) is 24.0 Å². The van der Waals surface area contributed by atoms with E-state index in [9.17, 15) is 4.79 Å². The van der Waals surface area contributed by atoms with Gasteiger partial charge in [-0.15, -0.1) is 0 Å². The summed E-state index contributed by atoms with van der Waals surface area (Å²) in [5.74, 6) is 0.292. The molecule has 0 fully saturated rings. The molecule has 16 heavy (non-hydrogen) atoms. The zero-order valence-corrected chi connectivity index (χ0v) is 9.97. The molecule has 5 nitrogen and oxygen atoms in total. The molecule has 1 amide bonds. The highest BCUT2D eigenvalue weighted by Crippen LogP contribution is 2.16. The summed E-state index contributed by atoms with van der Waals surface area (Å²) in [6, 6.07) is 3.33. The summed E-state index contributed by atoms with van der Waals surface area (Å²) in [7, 11) is 3.29. The highest BCUT2D eigenvalue weighted by atomic mass is 35.5. The second kappa shape index (κ2) is 6.30. The number of carbonyl (C=O) groups is 1. The van der Waals surface area contributed by atoms with Crippen LogP contribution in [0, 0.1) is 0 Å². The summed E-state index contributed by atoms with van der Waals surface area (Å²) in [6.45, 7) is 0.881. The van der Waals surface area contributed by atoms with Crippen molar-refractivity contribution >= 4 is 23.3 Å². The number of carbonyl (C=O) groups excluding carboxylic acids is 1. The van der Waals surface area contributed by atoms with Crippen molar-refractivity contribution in [3.05, 3.63) is 22.8 Å². The molecule has 1 aromatic rings. The quantitative estimate of drug-likeness (QED) is 0.762. The molecular formula is C10H14ClN3O2. The summed E-state index contributed by atoms with van der Waals surface area (Å²) in [4.78, 5) is 15.7. The Bertz CT molecular complexity index is 371. The van der Waals surface area contributed by atoms with Crippen LogP contribution in [-0.2, 0) is 4.74 Å². The Morgan fingerprint density at radius 1 is 1.56 bits per heavy atom. The minimum absolute atomic E-state index is 0.213. The largest absolute Gasteiger partial charge is 0.383 e. The van der Waals surface area contributed by atoms with Gasteiger partial charge in [0.1, 0.15) is 11.5 Å². The molecular weight excluding hydrogens is 230 g/mol. The number of halogens is 1. The molecule has 0 spiro atoms. The van der Waals surface area contributed by atoms with E-state index in [4.69, 9.17) is 16.3 Å². The van der Waals surface area contributed by atoms with Gasteiger partial charge in [0, 0.05) is 20.7 Å². The highest BCUT2D eigenvalue weighted by molar-refractivity contribution is 6.33.